The monoisotopic (exact) mass is 312 g/mol. The van der Waals surface area contributed by atoms with Crippen LogP contribution in [-0.2, 0) is 16.1 Å². The van der Waals surface area contributed by atoms with Gasteiger partial charge < -0.3 is 15.0 Å². The van der Waals surface area contributed by atoms with E-state index in [2.05, 4.69) is 9.55 Å². The molecule has 1 aliphatic rings. The van der Waals surface area contributed by atoms with Crippen molar-refractivity contribution in [2.75, 3.05) is 12.4 Å². The maximum absolute atomic E-state index is 11.5. The zero-order chi connectivity index (χ0) is 15.4. The lowest BCUT2D eigenvalue weighted by molar-refractivity contribution is -0.117. The molecule has 2 rings (SSSR count). The summed E-state index contributed by atoms with van der Waals surface area (Å²) in [6.07, 6.45) is 2.33. The van der Waals surface area contributed by atoms with Gasteiger partial charge in [0.05, 0.1) is 24.1 Å². The smallest absolute Gasteiger partial charge is 0.318 e. The summed E-state index contributed by atoms with van der Waals surface area (Å²) < 4.78 is 7.73. The van der Waals surface area contributed by atoms with E-state index in [-0.39, 0.29) is 11.9 Å². The molecule has 21 heavy (non-hydrogen) atoms. The molecule has 1 aromatic rings. The Hall–Kier alpha value is -1.54. The molecular formula is C13H20N4O3S. The van der Waals surface area contributed by atoms with Gasteiger partial charge in [-0.05, 0) is 26.7 Å². The number of rotatable bonds is 5. The minimum absolute atomic E-state index is 0.102. The maximum atomic E-state index is 11.5. The number of nitrogens with two attached hydrogens (primary N) is 1. The Balaban J connectivity index is 2.02. The number of imidazole rings is 1. The molecule has 116 valence electrons. The Labute approximate surface area is 127 Å². The third-order valence-electron chi connectivity index (χ3n) is 3.43. The Kier molecular flexibility index (Phi) is 5.24. The highest BCUT2D eigenvalue weighted by Gasteiger charge is 2.20. The SMILES string of the molecule is Cc1nc(SCC(=O)NC(N)=O)n(CC2CCCO2)c1C. The summed E-state index contributed by atoms with van der Waals surface area (Å²) in [6.45, 7) is 5.49. The van der Waals surface area contributed by atoms with Gasteiger partial charge in [-0.15, -0.1) is 0 Å². The number of carbonyl (C=O) groups is 2. The molecular weight excluding hydrogens is 292 g/mol. The van der Waals surface area contributed by atoms with E-state index in [1.54, 1.807) is 0 Å². The number of thioether (sulfide) groups is 1. The first-order valence-electron chi connectivity index (χ1n) is 6.84. The number of nitrogens with zero attached hydrogens (tertiary/aromatic N) is 2. The zero-order valence-electron chi connectivity index (χ0n) is 12.2. The first-order chi connectivity index (χ1) is 9.97. The van der Waals surface area contributed by atoms with Gasteiger partial charge in [-0.25, -0.2) is 9.78 Å². The first-order valence-corrected chi connectivity index (χ1v) is 7.83. The van der Waals surface area contributed by atoms with E-state index < -0.39 is 11.9 Å². The molecule has 1 unspecified atom stereocenters. The molecule has 1 aliphatic heterocycles. The number of ether oxygens (including phenoxy) is 1. The van der Waals surface area contributed by atoms with Crippen molar-refractivity contribution in [3.05, 3.63) is 11.4 Å². The van der Waals surface area contributed by atoms with E-state index in [4.69, 9.17) is 10.5 Å². The number of aryl methyl sites for hydroxylation is 1. The van der Waals surface area contributed by atoms with Crippen molar-refractivity contribution < 1.29 is 14.3 Å². The van der Waals surface area contributed by atoms with Crippen molar-refractivity contribution >= 4 is 23.7 Å². The van der Waals surface area contributed by atoms with E-state index in [0.29, 0.717) is 0 Å². The van der Waals surface area contributed by atoms with Crippen LogP contribution < -0.4 is 11.1 Å². The maximum Gasteiger partial charge on any atom is 0.318 e. The van der Waals surface area contributed by atoms with Gasteiger partial charge in [-0.1, -0.05) is 11.8 Å². The van der Waals surface area contributed by atoms with Crippen LogP contribution >= 0.6 is 11.8 Å². The van der Waals surface area contributed by atoms with Crippen LogP contribution in [0.15, 0.2) is 5.16 Å². The van der Waals surface area contributed by atoms with Gasteiger partial charge in [0.25, 0.3) is 0 Å². The summed E-state index contributed by atoms with van der Waals surface area (Å²) in [4.78, 5) is 26.6. The lowest BCUT2D eigenvalue weighted by atomic mass is 10.2. The predicted octanol–water partition coefficient (Wildman–Crippen LogP) is 0.966. The van der Waals surface area contributed by atoms with Gasteiger partial charge in [-0.3, -0.25) is 10.1 Å². The topological polar surface area (TPSA) is 99.2 Å². The van der Waals surface area contributed by atoms with Crippen molar-refractivity contribution in [1.82, 2.24) is 14.9 Å². The van der Waals surface area contributed by atoms with Crippen molar-refractivity contribution in [3.63, 3.8) is 0 Å². The van der Waals surface area contributed by atoms with E-state index in [0.717, 1.165) is 42.5 Å². The number of hydrogen-bond acceptors (Lipinski definition) is 5. The van der Waals surface area contributed by atoms with Gasteiger partial charge >= 0.3 is 6.03 Å². The first kappa shape index (κ1) is 15.8. The van der Waals surface area contributed by atoms with E-state index in [9.17, 15) is 9.59 Å². The fourth-order valence-electron chi connectivity index (χ4n) is 2.24. The highest BCUT2D eigenvalue weighted by atomic mass is 32.2. The third kappa shape index (κ3) is 4.21. The van der Waals surface area contributed by atoms with Crippen LogP contribution in [0.2, 0.25) is 0 Å². The minimum Gasteiger partial charge on any atom is -0.376 e. The fraction of sp³-hybridized carbons (Fsp3) is 0.615. The minimum atomic E-state index is -0.837. The zero-order valence-corrected chi connectivity index (χ0v) is 13.0. The average Bonchev–Trinajstić information content (AvgIpc) is 3.00. The van der Waals surface area contributed by atoms with Crippen molar-refractivity contribution in [2.24, 2.45) is 5.73 Å². The standard InChI is InChI=1S/C13H20N4O3S/c1-8-9(2)17(6-10-4-3-5-20-10)13(15-8)21-7-11(18)16-12(14)19/h10H,3-7H2,1-2H3,(H3,14,16,18,19). The van der Waals surface area contributed by atoms with E-state index >= 15 is 0 Å². The van der Waals surface area contributed by atoms with Gasteiger partial charge in [0.15, 0.2) is 5.16 Å². The summed E-state index contributed by atoms with van der Waals surface area (Å²) >= 11 is 1.29. The molecule has 8 heteroatoms. The van der Waals surface area contributed by atoms with Crippen molar-refractivity contribution in [1.29, 1.82) is 0 Å². The Morgan fingerprint density at radius 2 is 2.29 bits per heavy atom. The van der Waals surface area contributed by atoms with Gasteiger partial charge in [0, 0.05) is 12.3 Å². The molecule has 1 atom stereocenters. The summed E-state index contributed by atoms with van der Waals surface area (Å²) in [5.41, 5.74) is 6.92. The van der Waals surface area contributed by atoms with Crippen LogP contribution in [0.4, 0.5) is 4.79 Å². The second-order valence-electron chi connectivity index (χ2n) is 5.01. The number of aromatic nitrogens is 2. The van der Waals surface area contributed by atoms with Crippen LogP contribution in [0.3, 0.4) is 0 Å². The number of imide groups is 1. The lowest BCUT2D eigenvalue weighted by Gasteiger charge is -2.14. The van der Waals surface area contributed by atoms with Crippen LogP contribution in [0.5, 0.6) is 0 Å². The molecule has 0 aliphatic carbocycles. The summed E-state index contributed by atoms with van der Waals surface area (Å²) in [7, 11) is 0. The normalized spacial score (nSPS) is 17.9. The molecule has 0 spiro atoms. The number of urea groups is 1. The van der Waals surface area contributed by atoms with Crippen LogP contribution in [0.1, 0.15) is 24.2 Å². The Bertz CT molecular complexity index is 538. The highest BCUT2D eigenvalue weighted by Crippen LogP contribution is 2.24. The molecule has 1 aromatic heterocycles. The molecule has 0 saturated carbocycles. The largest absolute Gasteiger partial charge is 0.376 e. The molecule has 1 fully saturated rings. The molecule has 0 radical (unpaired) electrons. The number of nitrogens with one attached hydrogen (secondary N) is 1. The Morgan fingerprint density at radius 3 is 2.90 bits per heavy atom. The summed E-state index contributed by atoms with van der Waals surface area (Å²) in [6, 6.07) is -0.837. The summed E-state index contributed by atoms with van der Waals surface area (Å²) in [5, 5.41) is 2.81. The molecule has 3 amide bonds. The van der Waals surface area contributed by atoms with E-state index in [1.165, 1.54) is 11.8 Å². The van der Waals surface area contributed by atoms with Gasteiger partial charge in [0.2, 0.25) is 5.91 Å². The summed E-state index contributed by atoms with van der Waals surface area (Å²) in [5.74, 6) is -0.320. The molecule has 7 nitrogen and oxygen atoms in total. The quantitative estimate of drug-likeness (QED) is 0.789. The number of amides is 3. The van der Waals surface area contributed by atoms with Gasteiger partial charge in [-0.2, -0.15) is 0 Å². The average molecular weight is 312 g/mol. The highest BCUT2D eigenvalue weighted by molar-refractivity contribution is 7.99. The predicted molar refractivity (Wildman–Crippen MR) is 79.1 cm³/mol. The molecule has 0 aromatic carbocycles. The fourth-order valence-corrected chi connectivity index (χ4v) is 3.15. The van der Waals surface area contributed by atoms with E-state index in [1.807, 2.05) is 19.2 Å². The van der Waals surface area contributed by atoms with Crippen LogP contribution in [0.25, 0.3) is 0 Å². The molecule has 3 N–H and O–H groups in total. The van der Waals surface area contributed by atoms with Crippen LogP contribution in [0, 0.1) is 13.8 Å². The Morgan fingerprint density at radius 1 is 1.52 bits per heavy atom. The number of hydrogen-bond donors (Lipinski definition) is 2. The second kappa shape index (κ2) is 6.95. The molecule has 0 bridgehead atoms. The van der Waals surface area contributed by atoms with Crippen LogP contribution in [-0.4, -0.2) is 40.0 Å². The van der Waals surface area contributed by atoms with Gasteiger partial charge in [0.1, 0.15) is 0 Å². The van der Waals surface area contributed by atoms with Crippen molar-refractivity contribution in [2.45, 2.75) is 44.5 Å². The number of carbonyl (C=O) groups excluding carboxylic acids is 2. The second-order valence-corrected chi connectivity index (χ2v) is 5.95. The number of primary amides is 1. The third-order valence-corrected chi connectivity index (χ3v) is 4.40. The molecule has 1 saturated heterocycles. The van der Waals surface area contributed by atoms with Crippen molar-refractivity contribution in [3.8, 4) is 0 Å². The molecule has 2 heterocycles. The lowest BCUT2D eigenvalue weighted by Crippen LogP contribution is -2.36.